The predicted octanol–water partition coefficient (Wildman–Crippen LogP) is 3.10. The molecule has 2 heterocycles. The van der Waals surface area contributed by atoms with Crippen molar-refractivity contribution in [2.45, 2.75) is 43.5 Å². The maximum absolute atomic E-state index is 14.2. The first-order valence-corrected chi connectivity index (χ1v) is 14.4. The largest absolute Gasteiger partial charge is 0.416 e. The number of alkyl halides is 3. The second-order valence-electron chi connectivity index (χ2n) is 9.34. The number of amides is 2. The van der Waals surface area contributed by atoms with Gasteiger partial charge in [-0.15, -0.1) is 0 Å². The molecule has 4 N–H and O–H groups in total. The van der Waals surface area contributed by atoms with Crippen LogP contribution in [0.5, 0.6) is 0 Å². The molecule has 0 aliphatic carbocycles. The molecule has 2 aromatic carbocycles. The van der Waals surface area contributed by atoms with Crippen LogP contribution in [0.2, 0.25) is 10.0 Å². The first-order valence-electron chi connectivity index (χ1n) is 12.0. The van der Waals surface area contributed by atoms with Gasteiger partial charge in [-0.3, -0.25) is 14.3 Å². The summed E-state index contributed by atoms with van der Waals surface area (Å²) in [4.78, 5) is 41.4. The summed E-state index contributed by atoms with van der Waals surface area (Å²) in [5.74, 6) is -0.270. The second kappa shape index (κ2) is 11.1. The van der Waals surface area contributed by atoms with Crippen LogP contribution in [0.15, 0.2) is 38.8 Å². The number of carbonyl (C=O) groups is 1. The average Bonchev–Trinajstić information content (AvgIpc) is 3.29. The fourth-order valence-corrected chi connectivity index (χ4v) is 6.38. The van der Waals surface area contributed by atoms with Gasteiger partial charge in [-0.25, -0.2) is 18.0 Å². The summed E-state index contributed by atoms with van der Waals surface area (Å²) < 4.78 is 68.3. The second-order valence-corrected chi connectivity index (χ2v) is 12.4. The maximum Gasteiger partial charge on any atom is 0.416 e. The number of nitrogens with two attached hydrogens (primary N) is 1. The number of aromatic amines is 1. The Morgan fingerprint density at radius 3 is 2.52 bits per heavy atom. The third-order valence-corrected chi connectivity index (χ3v) is 9.17. The number of carbonyl (C=O) groups excluding carboxylic acids is 1. The summed E-state index contributed by atoms with van der Waals surface area (Å²) >= 11 is 12.4. The van der Waals surface area contributed by atoms with E-state index in [2.05, 4.69) is 10.3 Å². The molecule has 0 saturated carbocycles. The number of benzene rings is 2. The summed E-state index contributed by atoms with van der Waals surface area (Å²) in [6, 6.07) is 3.37. The highest BCUT2D eigenvalue weighted by Gasteiger charge is 2.37. The number of hydrogen-bond acceptors (Lipinski definition) is 6. The minimum atomic E-state index is -4.90. The Bertz CT molecular complexity index is 1720. The molecular weight excluding hydrogens is 598 g/mol. The van der Waals surface area contributed by atoms with Gasteiger partial charge in [0.1, 0.15) is 0 Å². The van der Waals surface area contributed by atoms with Crippen LogP contribution in [0.3, 0.4) is 0 Å². The molecule has 16 heteroatoms. The van der Waals surface area contributed by atoms with Gasteiger partial charge in [-0.05, 0) is 41.8 Å². The number of fused-ring (bicyclic) bond motifs is 1. The molecule has 3 aromatic rings. The molecule has 1 aliphatic rings. The minimum absolute atomic E-state index is 0.0215. The van der Waals surface area contributed by atoms with E-state index in [1.807, 2.05) is 0 Å². The lowest BCUT2D eigenvalue weighted by Crippen LogP contribution is -2.40. The zero-order valence-corrected chi connectivity index (χ0v) is 23.3. The average molecular weight is 622 g/mol. The van der Waals surface area contributed by atoms with Crippen molar-refractivity contribution in [3.63, 3.8) is 0 Å². The van der Waals surface area contributed by atoms with E-state index in [1.54, 1.807) is 4.90 Å². The Labute approximate surface area is 235 Å². The van der Waals surface area contributed by atoms with Crippen LogP contribution in [-0.4, -0.2) is 53.8 Å². The van der Waals surface area contributed by atoms with Crippen molar-refractivity contribution in [1.29, 1.82) is 0 Å². The Balaban J connectivity index is 1.84. The molecule has 40 heavy (non-hydrogen) atoms. The number of aromatic nitrogens is 2. The number of H-pyrrole nitrogens is 1. The van der Waals surface area contributed by atoms with Gasteiger partial charge < -0.3 is 16.0 Å². The number of nitrogens with one attached hydrogen (secondary N) is 2. The molecule has 1 unspecified atom stereocenters. The van der Waals surface area contributed by atoms with E-state index in [0.717, 1.165) is 0 Å². The molecule has 0 bridgehead atoms. The van der Waals surface area contributed by atoms with Crippen LogP contribution >= 0.6 is 23.2 Å². The van der Waals surface area contributed by atoms with Crippen molar-refractivity contribution in [2.75, 3.05) is 18.8 Å². The highest BCUT2D eigenvalue weighted by atomic mass is 35.5. The van der Waals surface area contributed by atoms with Gasteiger partial charge in [0.05, 0.1) is 38.7 Å². The van der Waals surface area contributed by atoms with E-state index < -0.39 is 55.8 Å². The number of sulfone groups is 1. The van der Waals surface area contributed by atoms with Crippen LogP contribution < -0.4 is 22.3 Å². The minimum Gasteiger partial charge on any atom is -0.352 e. The van der Waals surface area contributed by atoms with Crippen molar-refractivity contribution >= 4 is 50.0 Å². The summed E-state index contributed by atoms with van der Waals surface area (Å²) in [5.41, 5.74) is 1.26. The Kier molecular flexibility index (Phi) is 8.28. The Hall–Kier alpha value is -3.07. The summed E-state index contributed by atoms with van der Waals surface area (Å²) in [6.45, 7) is 1.14. The van der Waals surface area contributed by atoms with Crippen molar-refractivity contribution in [3.8, 4) is 0 Å². The van der Waals surface area contributed by atoms with Gasteiger partial charge >= 0.3 is 17.9 Å². The molecule has 1 atom stereocenters. The normalized spacial score (nSPS) is 16.5. The van der Waals surface area contributed by atoms with Crippen LogP contribution in [0.1, 0.15) is 30.0 Å². The molecule has 4 rings (SSSR count). The highest BCUT2D eigenvalue weighted by Crippen LogP contribution is 2.39. The molecule has 0 spiro atoms. The third kappa shape index (κ3) is 5.99. The van der Waals surface area contributed by atoms with Crippen molar-refractivity contribution in [2.24, 2.45) is 5.73 Å². The lowest BCUT2D eigenvalue weighted by molar-refractivity contribution is -0.138. The smallest absolute Gasteiger partial charge is 0.352 e. The van der Waals surface area contributed by atoms with Crippen LogP contribution in [0.25, 0.3) is 10.9 Å². The molecule has 2 amide bonds. The van der Waals surface area contributed by atoms with E-state index in [4.69, 9.17) is 28.9 Å². The Morgan fingerprint density at radius 1 is 1.20 bits per heavy atom. The zero-order valence-electron chi connectivity index (χ0n) is 20.9. The zero-order chi connectivity index (χ0) is 29.6. The van der Waals surface area contributed by atoms with E-state index in [0.29, 0.717) is 23.6 Å². The molecule has 1 aliphatic heterocycles. The SMILES string of the molecule is CCS(=O)(=O)c1ccc(Cl)cc1Cn1c(=O)[nH]c2c(Cl)c(CN3CCC(NC(N)=O)C3)c(C(F)(F)F)cc2c1=O. The van der Waals surface area contributed by atoms with E-state index in [-0.39, 0.29) is 51.4 Å². The van der Waals surface area contributed by atoms with Crippen LogP contribution in [-0.2, 0) is 29.1 Å². The van der Waals surface area contributed by atoms with Gasteiger partial charge in [0.2, 0.25) is 0 Å². The highest BCUT2D eigenvalue weighted by molar-refractivity contribution is 7.91. The molecule has 1 fully saturated rings. The monoisotopic (exact) mass is 621 g/mol. The third-order valence-electron chi connectivity index (χ3n) is 6.69. The predicted molar refractivity (Wildman–Crippen MR) is 144 cm³/mol. The maximum atomic E-state index is 14.2. The van der Waals surface area contributed by atoms with Crippen molar-refractivity contribution in [1.82, 2.24) is 19.8 Å². The fraction of sp³-hybridized carbons (Fsp3) is 0.375. The number of halogens is 5. The van der Waals surface area contributed by atoms with Gasteiger partial charge in [0.25, 0.3) is 5.56 Å². The van der Waals surface area contributed by atoms with E-state index in [1.165, 1.54) is 25.1 Å². The van der Waals surface area contributed by atoms with Gasteiger partial charge in [-0.2, -0.15) is 13.2 Å². The summed E-state index contributed by atoms with van der Waals surface area (Å²) in [7, 11) is -3.79. The molecule has 1 saturated heterocycles. The van der Waals surface area contributed by atoms with Gasteiger partial charge in [-0.1, -0.05) is 30.1 Å². The van der Waals surface area contributed by atoms with Crippen LogP contribution in [0, 0.1) is 0 Å². The number of likely N-dealkylation sites (tertiary alicyclic amines) is 1. The molecule has 1 aromatic heterocycles. The number of nitrogens with zero attached hydrogens (tertiary/aromatic N) is 2. The molecule has 216 valence electrons. The van der Waals surface area contributed by atoms with E-state index >= 15 is 0 Å². The fourth-order valence-electron chi connectivity index (χ4n) is 4.76. The lowest BCUT2D eigenvalue weighted by atomic mass is 10.0. The number of primary amides is 1. The van der Waals surface area contributed by atoms with Crippen LogP contribution in [0.4, 0.5) is 18.0 Å². The van der Waals surface area contributed by atoms with Gasteiger partial charge in [0, 0.05) is 30.7 Å². The van der Waals surface area contributed by atoms with Crippen molar-refractivity contribution < 1.29 is 26.4 Å². The number of urea groups is 1. The molecule has 0 radical (unpaired) electrons. The molecular formula is C24H24Cl2F3N5O5S. The lowest BCUT2D eigenvalue weighted by Gasteiger charge is -2.22. The summed E-state index contributed by atoms with van der Waals surface area (Å²) in [5, 5.41) is 1.70. The Morgan fingerprint density at radius 2 is 1.90 bits per heavy atom. The topological polar surface area (TPSA) is 147 Å². The number of rotatable bonds is 7. The van der Waals surface area contributed by atoms with E-state index in [9.17, 15) is 36.0 Å². The quantitative estimate of drug-likeness (QED) is 0.369. The summed E-state index contributed by atoms with van der Waals surface area (Å²) in [6.07, 6.45) is -4.45. The number of hydrogen-bond donors (Lipinski definition) is 3. The van der Waals surface area contributed by atoms with Gasteiger partial charge in [0.15, 0.2) is 9.84 Å². The molecule has 10 nitrogen and oxygen atoms in total. The first-order chi connectivity index (χ1) is 18.6. The standard InChI is InChI=1S/C24H24Cl2F3N5O5S/c1-2-40(38,39)18-4-3-13(25)7-12(18)9-34-21(35)15-8-17(24(27,28)29)16(19(26)20(15)32-23(34)37)11-33-6-5-14(10-33)31-22(30)36/h3-4,7-8,14H,2,5-6,9-11H2,1H3,(H,32,37)(H3,30,31,36). The first kappa shape index (κ1) is 29.9. The van der Waals surface area contributed by atoms with Crippen molar-refractivity contribution in [3.05, 3.63) is 71.8 Å².